The number of ketones is 1. The molecule has 3 rings (SSSR count). The van der Waals surface area contributed by atoms with Gasteiger partial charge < -0.3 is 4.90 Å². The van der Waals surface area contributed by atoms with E-state index in [9.17, 15) is 9.59 Å². The molecule has 0 unspecified atom stereocenters. The van der Waals surface area contributed by atoms with Gasteiger partial charge in [-0.25, -0.2) is 0 Å². The number of likely N-dealkylation sites (tertiary alicyclic amines) is 1. The fraction of sp³-hybridized carbons (Fsp3) is 0.529. The average molecular weight is 271 g/mol. The van der Waals surface area contributed by atoms with Crippen LogP contribution in [0.2, 0.25) is 0 Å². The van der Waals surface area contributed by atoms with Gasteiger partial charge >= 0.3 is 0 Å². The number of Topliss-reactive ketones (excluding diaryl/α,β-unsaturated/α-hetero) is 1. The van der Waals surface area contributed by atoms with E-state index in [0.29, 0.717) is 18.7 Å². The molecule has 0 radical (unpaired) electrons. The van der Waals surface area contributed by atoms with Crippen molar-refractivity contribution >= 4 is 11.7 Å². The number of benzene rings is 1. The summed E-state index contributed by atoms with van der Waals surface area (Å²) in [5.41, 5.74) is 1.14. The number of amides is 1. The second kappa shape index (κ2) is 5.39. The molecule has 3 nitrogen and oxygen atoms in total. The molecule has 1 aliphatic heterocycles. The van der Waals surface area contributed by atoms with Gasteiger partial charge in [-0.2, -0.15) is 0 Å². The van der Waals surface area contributed by atoms with E-state index < -0.39 is 0 Å². The predicted octanol–water partition coefficient (Wildman–Crippen LogP) is 2.97. The molecule has 0 aromatic heterocycles. The minimum Gasteiger partial charge on any atom is -0.335 e. The number of nitrogens with zero attached hydrogens (tertiary/aromatic N) is 1. The monoisotopic (exact) mass is 271 g/mol. The van der Waals surface area contributed by atoms with E-state index in [2.05, 4.69) is 0 Å². The van der Waals surface area contributed by atoms with E-state index in [1.165, 1.54) is 6.42 Å². The Hall–Kier alpha value is -1.64. The Bertz CT molecular complexity index is 507. The lowest BCUT2D eigenvalue weighted by Gasteiger charge is -2.28. The van der Waals surface area contributed by atoms with E-state index in [0.717, 1.165) is 18.4 Å². The van der Waals surface area contributed by atoms with E-state index in [4.69, 9.17) is 0 Å². The molecule has 1 aromatic carbocycles. The Morgan fingerprint density at radius 1 is 1.20 bits per heavy atom. The average Bonchev–Trinajstić information content (AvgIpc) is 2.79. The molecule has 2 fully saturated rings. The molecule has 0 N–H and O–H groups in total. The van der Waals surface area contributed by atoms with Crippen molar-refractivity contribution < 1.29 is 9.59 Å². The third-order valence-electron chi connectivity index (χ3n) is 4.82. The Morgan fingerprint density at radius 2 is 1.90 bits per heavy atom. The van der Waals surface area contributed by atoms with Crippen molar-refractivity contribution in [1.29, 1.82) is 0 Å². The number of hydrogen-bond acceptors (Lipinski definition) is 2. The van der Waals surface area contributed by atoms with Crippen LogP contribution in [-0.4, -0.2) is 23.1 Å². The van der Waals surface area contributed by atoms with Gasteiger partial charge in [-0.1, -0.05) is 36.8 Å². The first-order chi connectivity index (χ1) is 9.66. The van der Waals surface area contributed by atoms with Gasteiger partial charge in [0.05, 0.1) is 6.04 Å². The minimum absolute atomic E-state index is 0.0582. The van der Waals surface area contributed by atoms with Crippen LogP contribution in [0.1, 0.15) is 44.2 Å². The highest BCUT2D eigenvalue weighted by molar-refractivity contribution is 5.92. The SMILES string of the molecule is C[C@H](c1ccccc1)N1C[C@H](C(=O)C2CCC2)CC1=O. The maximum atomic E-state index is 12.3. The van der Waals surface area contributed by atoms with Crippen molar-refractivity contribution in [3.05, 3.63) is 35.9 Å². The molecule has 2 aliphatic rings. The molecular weight excluding hydrogens is 250 g/mol. The molecule has 20 heavy (non-hydrogen) atoms. The van der Waals surface area contributed by atoms with Crippen LogP contribution in [0.5, 0.6) is 0 Å². The van der Waals surface area contributed by atoms with Gasteiger partial charge in [0.2, 0.25) is 5.91 Å². The zero-order valence-electron chi connectivity index (χ0n) is 11.9. The Kier molecular flexibility index (Phi) is 3.60. The van der Waals surface area contributed by atoms with E-state index >= 15 is 0 Å². The second-order valence-corrected chi connectivity index (χ2v) is 6.06. The lowest BCUT2D eigenvalue weighted by atomic mass is 9.77. The lowest BCUT2D eigenvalue weighted by molar-refractivity contribution is -0.131. The fourth-order valence-electron chi connectivity index (χ4n) is 3.23. The number of hydrogen-bond donors (Lipinski definition) is 0. The summed E-state index contributed by atoms with van der Waals surface area (Å²) >= 11 is 0. The summed E-state index contributed by atoms with van der Waals surface area (Å²) in [7, 11) is 0. The molecule has 1 saturated heterocycles. The van der Waals surface area contributed by atoms with Crippen molar-refractivity contribution in [3.8, 4) is 0 Å². The molecule has 1 aliphatic carbocycles. The largest absolute Gasteiger partial charge is 0.335 e. The summed E-state index contributed by atoms with van der Waals surface area (Å²) in [4.78, 5) is 26.4. The molecule has 1 saturated carbocycles. The highest BCUT2D eigenvalue weighted by Crippen LogP contribution is 2.35. The number of rotatable bonds is 4. The standard InChI is InChI=1S/C17H21NO2/c1-12(13-6-3-2-4-7-13)18-11-15(10-16(18)19)17(20)14-8-5-9-14/h2-4,6-7,12,14-15H,5,8-11H2,1H3/t12-,15-/m1/s1. The third kappa shape index (κ3) is 2.37. The highest BCUT2D eigenvalue weighted by Gasteiger charge is 2.40. The summed E-state index contributed by atoms with van der Waals surface area (Å²) in [6.45, 7) is 2.65. The summed E-state index contributed by atoms with van der Waals surface area (Å²) in [6.07, 6.45) is 3.63. The van der Waals surface area contributed by atoms with Gasteiger partial charge in [-0.15, -0.1) is 0 Å². The molecule has 1 heterocycles. The van der Waals surface area contributed by atoms with E-state index in [1.807, 2.05) is 42.2 Å². The normalized spacial score (nSPS) is 24.6. The lowest BCUT2D eigenvalue weighted by Crippen LogP contribution is -2.32. The fourth-order valence-corrected chi connectivity index (χ4v) is 3.23. The van der Waals surface area contributed by atoms with Crippen LogP contribution >= 0.6 is 0 Å². The molecule has 2 atom stereocenters. The molecule has 106 valence electrons. The summed E-state index contributed by atoms with van der Waals surface area (Å²) < 4.78 is 0. The first kappa shape index (κ1) is 13.3. The smallest absolute Gasteiger partial charge is 0.223 e. The molecule has 0 bridgehead atoms. The van der Waals surface area contributed by atoms with Gasteiger partial charge in [0.25, 0.3) is 0 Å². The zero-order chi connectivity index (χ0) is 14.1. The summed E-state index contributed by atoms with van der Waals surface area (Å²) in [5.74, 6) is 0.616. The van der Waals surface area contributed by atoms with Gasteiger partial charge in [0.1, 0.15) is 5.78 Å². The van der Waals surface area contributed by atoms with Gasteiger partial charge in [0.15, 0.2) is 0 Å². The zero-order valence-corrected chi connectivity index (χ0v) is 11.9. The topological polar surface area (TPSA) is 37.4 Å². The summed E-state index contributed by atoms with van der Waals surface area (Å²) in [6, 6.07) is 10.1. The summed E-state index contributed by atoms with van der Waals surface area (Å²) in [5, 5.41) is 0. The van der Waals surface area contributed by atoms with Crippen molar-refractivity contribution in [2.75, 3.05) is 6.54 Å². The van der Waals surface area contributed by atoms with Gasteiger partial charge in [0, 0.05) is 24.8 Å². The van der Waals surface area contributed by atoms with Crippen LogP contribution in [0.4, 0.5) is 0 Å². The van der Waals surface area contributed by atoms with Crippen molar-refractivity contribution in [2.24, 2.45) is 11.8 Å². The first-order valence-electron chi connectivity index (χ1n) is 7.55. The molecule has 3 heteroatoms. The molecular formula is C17H21NO2. The van der Waals surface area contributed by atoms with Crippen molar-refractivity contribution in [3.63, 3.8) is 0 Å². The van der Waals surface area contributed by atoms with E-state index in [1.54, 1.807) is 0 Å². The predicted molar refractivity (Wildman–Crippen MR) is 77.0 cm³/mol. The maximum absolute atomic E-state index is 12.3. The van der Waals surface area contributed by atoms with Gasteiger partial charge in [-0.05, 0) is 25.3 Å². The Balaban J connectivity index is 1.69. The minimum atomic E-state index is -0.0704. The Labute approximate surface area is 120 Å². The van der Waals surface area contributed by atoms with Crippen molar-refractivity contribution in [2.45, 2.75) is 38.6 Å². The second-order valence-electron chi connectivity index (χ2n) is 6.06. The highest BCUT2D eigenvalue weighted by atomic mass is 16.2. The maximum Gasteiger partial charge on any atom is 0.223 e. The Morgan fingerprint density at radius 3 is 2.50 bits per heavy atom. The van der Waals surface area contributed by atoms with E-state index in [-0.39, 0.29) is 23.8 Å². The van der Waals surface area contributed by atoms with Crippen LogP contribution in [-0.2, 0) is 9.59 Å². The molecule has 1 amide bonds. The number of carbonyl (C=O) groups excluding carboxylic acids is 2. The van der Waals surface area contributed by atoms with Crippen molar-refractivity contribution in [1.82, 2.24) is 4.90 Å². The molecule has 0 spiro atoms. The first-order valence-corrected chi connectivity index (χ1v) is 7.55. The number of carbonyl (C=O) groups is 2. The molecule has 1 aromatic rings. The van der Waals surface area contributed by atoms with Crippen LogP contribution in [0.3, 0.4) is 0 Å². The van der Waals surface area contributed by atoms with Crippen LogP contribution in [0.15, 0.2) is 30.3 Å². The third-order valence-corrected chi connectivity index (χ3v) is 4.82. The van der Waals surface area contributed by atoms with Crippen LogP contribution < -0.4 is 0 Å². The van der Waals surface area contributed by atoms with Gasteiger partial charge in [-0.3, -0.25) is 9.59 Å². The quantitative estimate of drug-likeness (QED) is 0.844. The van der Waals surface area contributed by atoms with Crippen LogP contribution in [0.25, 0.3) is 0 Å². The van der Waals surface area contributed by atoms with Crippen LogP contribution in [0, 0.1) is 11.8 Å².